The third-order valence-electron chi connectivity index (χ3n) is 5.46. The van der Waals surface area contributed by atoms with Crippen LogP contribution in [0.5, 0.6) is 11.5 Å². The molecule has 0 aliphatic carbocycles. The summed E-state index contributed by atoms with van der Waals surface area (Å²) in [7, 11) is 0. The van der Waals surface area contributed by atoms with Crippen LogP contribution in [0.3, 0.4) is 0 Å². The Morgan fingerprint density at radius 2 is 1.24 bits per heavy atom. The maximum absolute atomic E-state index is 5.90. The minimum atomic E-state index is -0.315. The Labute approximate surface area is 206 Å². The molecule has 4 aromatic carbocycles. The molecule has 0 aromatic heterocycles. The van der Waals surface area contributed by atoms with Crippen LogP contribution >= 0.6 is 9.90 Å². The van der Waals surface area contributed by atoms with E-state index in [-0.39, 0.29) is 16.2 Å². The molecular weight excluding hydrogens is 439 g/mol. The summed E-state index contributed by atoms with van der Waals surface area (Å²) in [6.07, 6.45) is 0.503. The fourth-order valence-corrected chi connectivity index (χ4v) is 3.53. The van der Waals surface area contributed by atoms with Gasteiger partial charge in [-0.25, -0.2) is 0 Å². The lowest BCUT2D eigenvalue weighted by atomic mass is 10.1. The molecule has 4 rings (SSSR count). The molecule has 4 heteroatoms. The first-order valence-corrected chi connectivity index (χ1v) is 11.4. The van der Waals surface area contributed by atoms with Crippen molar-refractivity contribution in [1.29, 1.82) is 0 Å². The van der Waals surface area contributed by atoms with E-state index < -0.39 is 0 Å². The molecule has 4 aromatic rings. The lowest BCUT2D eigenvalue weighted by molar-refractivity contribution is -0.0654. The number of rotatable bonds is 10. The molecule has 0 saturated heterocycles. The van der Waals surface area contributed by atoms with Crippen molar-refractivity contribution in [1.82, 2.24) is 0 Å². The molecule has 34 heavy (non-hydrogen) atoms. The van der Waals surface area contributed by atoms with E-state index in [0.29, 0.717) is 13.2 Å². The molecule has 0 aliphatic rings. The quantitative estimate of drug-likeness (QED) is 0.179. The van der Waals surface area contributed by atoms with Crippen molar-refractivity contribution in [3.63, 3.8) is 0 Å². The Bertz CT molecular complexity index is 1110. The number of hydrogen-bond acceptors (Lipinski definition) is 3. The second-order valence-corrected chi connectivity index (χ2v) is 8.11. The Hall–Kier alpha value is -3.13. The van der Waals surface area contributed by atoms with Gasteiger partial charge in [0.2, 0.25) is 0 Å². The van der Waals surface area contributed by atoms with Crippen molar-refractivity contribution in [3.8, 4) is 22.6 Å². The Morgan fingerprint density at radius 3 is 1.91 bits per heavy atom. The molecule has 176 valence electrons. The maximum Gasteiger partial charge on any atom is 0.196 e. The normalized spacial score (nSPS) is 11.4. The van der Waals surface area contributed by atoms with Crippen LogP contribution in [-0.2, 0) is 17.8 Å². The zero-order valence-electron chi connectivity index (χ0n) is 19.9. The predicted molar refractivity (Wildman–Crippen MR) is 145 cm³/mol. The van der Waals surface area contributed by atoms with Crippen LogP contribution in [0.15, 0.2) is 103 Å². The third kappa shape index (κ3) is 7.73. The predicted octanol–water partition coefficient (Wildman–Crippen LogP) is 7.28. The highest BCUT2D eigenvalue weighted by Gasteiger charge is 2.06. The average molecular weight is 473 g/mol. The largest absolute Gasteiger partial charge is 0.489 e. The standard InChI is InChI=1S/C30H30O3.H3P/c1-23-8-10-26(11-9-23)22-32-29-16-12-25(13-17-29)20-21-31-24(2)33-30-18-14-28(15-19-30)27-6-4-3-5-7-27;/h3-19,24H,20-22H2,1-2H3;1H3. The van der Waals surface area contributed by atoms with E-state index in [1.54, 1.807) is 0 Å². The van der Waals surface area contributed by atoms with Gasteiger partial charge in [0.15, 0.2) is 6.29 Å². The molecule has 0 heterocycles. The van der Waals surface area contributed by atoms with Crippen LogP contribution in [-0.4, -0.2) is 12.9 Å². The summed E-state index contributed by atoms with van der Waals surface area (Å²) in [4.78, 5) is 0. The van der Waals surface area contributed by atoms with E-state index >= 15 is 0 Å². The van der Waals surface area contributed by atoms with Crippen LogP contribution in [0.4, 0.5) is 0 Å². The van der Waals surface area contributed by atoms with Gasteiger partial charge in [-0.3, -0.25) is 0 Å². The first kappa shape index (κ1) is 25.5. The van der Waals surface area contributed by atoms with Gasteiger partial charge in [-0.1, -0.05) is 84.4 Å². The molecule has 0 bridgehead atoms. The van der Waals surface area contributed by atoms with Crippen molar-refractivity contribution in [2.45, 2.75) is 33.2 Å². The molecule has 0 amide bonds. The first-order chi connectivity index (χ1) is 16.2. The van der Waals surface area contributed by atoms with E-state index in [4.69, 9.17) is 14.2 Å². The number of benzene rings is 4. The van der Waals surface area contributed by atoms with Gasteiger partial charge >= 0.3 is 0 Å². The minimum absolute atomic E-state index is 0. The molecule has 2 unspecified atom stereocenters. The van der Waals surface area contributed by atoms with Gasteiger partial charge in [0.25, 0.3) is 0 Å². The fraction of sp³-hybridized carbons (Fsp3) is 0.200. The fourth-order valence-electron chi connectivity index (χ4n) is 3.53. The van der Waals surface area contributed by atoms with E-state index in [1.807, 2.05) is 49.4 Å². The van der Waals surface area contributed by atoms with Crippen molar-refractivity contribution in [3.05, 3.63) is 120 Å². The summed E-state index contributed by atoms with van der Waals surface area (Å²) >= 11 is 0. The second-order valence-electron chi connectivity index (χ2n) is 8.11. The van der Waals surface area contributed by atoms with Crippen molar-refractivity contribution >= 4 is 9.90 Å². The van der Waals surface area contributed by atoms with Crippen LogP contribution in [0.25, 0.3) is 11.1 Å². The summed E-state index contributed by atoms with van der Waals surface area (Å²) in [6, 6.07) is 35.0. The highest BCUT2D eigenvalue weighted by molar-refractivity contribution is 6.92. The molecule has 0 fully saturated rings. The summed E-state index contributed by atoms with van der Waals surface area (Å²) < 4.78 is 17.6. The molecule has 0 N–H and O–H groups in total. The lowest BCUT2D eigenvalue weighted by Crippen LogP contribution is -2.17. The second kappa shape index (κ2) is 12.9. The van der Waals surface area contributed by atoms with Crippen LogP contribution in [0, 0.1) is 6.92 Å². The van der Waals surface area contributed by atoms with E-state index in [9.17, 15) is 0 Å². The van der Waals surface area contributed by atoms with Gasteiger partial charge in [-0.15, -0.1) is 0 Å². The van der Waals surface area contributed by atoms with E-state index in [1.165, 1.54) is 27.8 Å². The summed E-state index contributed by atoms with van der Waals surface area (Å²) in [6.45, 7) is 5.17. The average Bonchev–Trinajstić information content (AvgIpc) is 2.85. The van der Waals surface area contributed by atoms with Gasteiger partial charge in [-0.05, 0) is 66.8 Å². The molecule has 0 spiro atoms. The van der Waals surface area contributed by atoms with E-state index in [2.05, 4.69) is 67.6 Å². The van der Waals surface area contributed by atoms with Crippen LogP contribution in [0.2, 0.25) is 0 Å². The molecule has 0 saturated carbocycles. The van der Waals surface area contributed by atoms with Crippen molar-refractivity contribution in [2.75, 3.05) is 6.61 Å². The van der Waals surface area contributed by atoms with Gasteiger partial charge in [0, 0.05) is 0 Å². The van der Waals surface area contributed by atoms with Crippen molar-refractivity contribution < 1.29 is 14.2 Å². The topological polar surface area (TPSA) is 27.7 Å². The molecule has 3 nitrogen and oxygen atoms in total. The number of ether oxygens (including phenoxy) is 3. The third-order valence-corrected chi connectivity index (χ3v) is 5.46. The minimum Gasteiger partial charge on any atom is -0.489 e. The molecular formula is C30H33O3P. The SMILES string of the molecule is Cc1ccc(COc2ccc(CCOC(C)Oc3ccc(-c4ccccc4)cc3)cc2)cc1.P. The summed E-state index contributed by atoms with van der Waals surface area (Å²) in [5.41, 5.74) is 5.99. The lowest BCUT2D eigenvalue weighted by Gasteiger charge is -2.16. The Balaban J connectivity index is 0.00000324. The zero-order valence-corrected chi connectivity index (χ0v) is 21.4. The zero-order chi connectivity index (χ0) is 22.9. The molecule has 0 aliphatic heterocycles. The monoisotopic (exact) mass is 472 g/mol. The smallest absolute Gasteiger partial charge is 0.196 e. The number of hydrogen-bond donors (Lipinski definition) is 0. The van der Waals surface area contributed by atoms with Gasteiger partial charge < -0.3 is 14.2 Å². The maximum atomic E-state index is 5.90. The van der Waals surface area contributed by atoms with Gasteiger partial charge in [0.1, 0.15) is 18.1 Å². The number of aryl methyl sites for hydroxylation is 1. The van der Waals surface area contributed by atoms with Crippen molar-refractivity contribution in [2.24, 2.45) is 0 Å². The summed E-state index contributed by atoms with van der Waals surface area (Å²) in [5.74, 6) is 1.67. The van der Waals surface area contributed by atoms with Crippen LogP contribution in [0.1, 0.15) is 23.6 Å². The molecule has 0 radical (unpaired) electrons. The highest BCUT2D eigenvalue weighted by Crippen LogP contribution is 2.23. The Kier molecular flexibility index (Phi) is 9.70. The van der Waals surface area contributed by atoms with Gasteiger partial charge in [0.05, 0.1) is 6.61 Å². The van der Waals surface area contributed by atoms with Crippen LogP contribution < -0.4 is 9.47 Å². The summed E-state index contributed by atoms with van der Waals surface area (Å²) in [5, 5.41) is 0. The van der Waals surface area contributed by atoms with Gasteiger partial charge in [-0.2, -0.15) is 9.90 Å². The first-order valence-electron chi connectivity index (χ1n) is 11.4. The highest BCUT2D eigenvalue weighted by atomic mass is 31.0. The van der Waals surface area contributed by atoms with E-state index in [0.717, 1.165) is 17.9 Å². The molecule has 2 atom stereocenters. The Morgan fingerprint density at radius 1 is 0.647 bits per heavy atom.